The van der Waals surface area contributed by atoms with E-state index in [2.05, 4.69) is 10.6 Å². The summed E-state index contributed by atoms with van der Waals surface area (Å²) in [5.74, 6) is 0. The lowest BCUT2D eigenvalue weighted by Gasteiger charge is -2.00. The van der Waals surface area contributed by atoms with Gasteiger partial charge < -0.3 is 20.8 Å². The van der Waals surface area contributed by atoms with Crippen molar-refractivity contribution in [3.05, 3.63) is 0 Å². The monoisotopic (exact) mass is 166 g/mol. The van der Waals surface area contributed by atoms with E-state index < -0.39 is 12.2 Å². The van der Waals surface area contributed by atoms with E-state index >= 15 is 0 Å². The molecule has 0 radical (unpaired) electrons. The summed E-state index contributed by atoms with van der Waals surface area (Å²) in [5, 5.41) is 20.4. The number of nitrogens with one attached hydrogen (secondary N) is 2. The van der Waals surface area contributed by atoms with E-state index in [1.807, 2.05) is 0 Å². The quantitative estimate of drug-likeness (QED) is 0.454. The summed E-state index contributed by atoms with van der Waals surface area (Å²) < 4.78 is 0. The van der Waals surface area contributed by atoms with E-state index in [1.54, 1.807) is 0 Å². The standard InChI is InChI=1S/C5H10N2O4.2H2/c8-4(9)6-2-1-3-7-5(10)11;;/h6-7H,1-3H2,(H,8,9)(H,10,11);2*1H. The van der Waals surface area contributed by atoms with Gasteiger partial charge in [-0.25, -0.2) is 9.59 Å². The molecule has 0 fully saturated rings. The van der Waals surface area contributed by atoms with Crippen molar-refractivity contribution in [1.29, 1.82) is 0 Å². The third-order valence-electron chi connectivity index (χ3n) is 0.906. The molecule has 11 heavy (non-hydrogen) atoms. The van der Waals surface area contributed by atoms with Crippen LogP contribution in [0.2, 0.25) is 0 Å². The van der Waals surface area contributed by atoms with Gasteiger partial charge in [-0.1, -0.05) is 0 Å². The lowest BCUT2D eigenvalue weighted by molar-refractivity contribution is 0.193. The van der Waals surface area contributed by atoms with Crippen molar-refractivity contribution in [3.8, 4) is 0 Å². The Bertz CT molecular complexity index is 139. The zero-order valence-electron chi connectivity index (χ0n) is 5.83. The number of hydrogen-bond donors (Lipinski definition) is 4. The summed E-state index contributed by atoms with van der Waals surface area (Å²) in [7, 11) is 0. The second-order valence-electron chi connectivity index (χ2n) is 1.82. The number of carbonyl (C=O) groups is 2. The molecule has 6 nitrogen and oxygen atoms in total. The Morgan fingerprint density at radius 2 is 1.45 bits per heavy atom. The minimum absolute atomic E-state index is 0. The zero-order valence-corrected chi connectivity index (χ0v) is 5.83. The zero-order chi connectivity index (χ0) is 8.69. The van der Waals surface area contributed by atoms with E-state index in [9.17, 15) is 9.59 Å². The van der Waals surface area contributed by atoms with Gasteiger partial charge >= 0.3 is 12.2 Å². The molecule has 0 spiro atoms. The Labute approximate surface area is 66.2 Å². The normalized spacial score (nSPS) is 8.73. The van der Waals surface area contributed by atoms with Gasteiger partial charge in [0.25, 0.3) is 0 Å². The maximum atomic E-state index is 9.85. The highest BCUT2D eigenvalue weighted by Gasteiger charge is 1.94. The fraction of sp³-hybridized carbons (Fsp3) is 0.600. The van der Waals surface area contributed by atoms with Gasteiger partial charge in [-0.2, -0.15) is 0 Å². The molecular weight excluding hydrogens is 152 g/mol. The second kappa shape index (κ2) is 5.33. The highest BCUT2D eigenvalue weighted by molar-refractivity contribution is 5.64. The fourth-order valence-corrected chi connectivity index (χ4v) is 0.479. The summed E-state index contributed by atoms with van der Waals surface area (Å²) in [6.45, 7) is 0.519. The largest absolute Gasteiger partial charge is 0.465 e. The van der Waals surface area contributed by atoms with Crippen molar-refractivity contribution in [2.45, 2.75) is 6.42 Å². The van der Waals surface area contributed by atoms with E-state index in [0.717, 1.165) is 0 Å². The summed E-state index contributed by atoms with van der Waals surface area (Å²) in [6.07, 6.45) is -1.74. The van der Waals surface area contributed by atoms with E-state index in [1.165, 1.54) is 0 Å². The molecule has 0 bridgehead atoms. The fourth-order valence-electron chi connectivity index (χ4n) is 0.479. The first-order valence-electron chi connectivity index (χ1n) is 3.06. The molecule has 0 aliphatic heterocycles. The summed E-state index contributed by atoms with van der Waals surface area (Å²) in [6, 6.07) is 0. The maximum Gasteiger partial charge on any atom is 0.404 e. The van der Waals surface area contributed by atoms with Crippen molar-refractivity contribution in [3.63, 3.8) is 0 Å². The van der Waals surface area contributed by atoms with Crippen LogP contribution in [-0.2, 0) is 0 Å². The Morgan fingerprint density at radius 3 is 1.73 bits per heavy atom. The number of amides is 2. The van der Waals surface area contributed by atoms with Crippen LogP contribution >= 0.6 is 0 Å². The van der Waals surface area contributed by atoms with Crippen molar-refractivity contribution in [2.24, 2.45) is 0 Å². The average Bonchev–Trinajstić information content (AvgIpc) is 1.85. The molecule has 68 valence electrons. The van der Waals surface area contributed by atoms with Crippen LogP contribution < -0.4 is 10.6 Å². The van der Waals surface area contributed by atoms with E-state index in [0.29, 0.717) is 6.42 Å². The van der Waals surface area contributed by atoms with Crippen molar-refractivity contribution < 1.29 is 22.7 Å². The molecule has 0 saturated heterocycles. The SMILES string of the molecule is O=C(O)NCCCNC(=O)O.[HH].[HH]. The van der Waals surface area contributed by atoms with Crippen LogP contribution in [0, 0.1) is 0 Å². The molecule has 4 N–H and O–H groups in total. The molecular formula is C5H14N2O4. The molecule has 0 rings (SSSR count). The second-order valence-corrected chi connectivity index (χ2v) is 1.82. The predicted molar refractivity (Wildman–Crippen MR) is 40.9 cm³/mol. The van der Waals surface area contributed by atoms with Crippen LogP contribution in [0.1, 0.15) is 9.27 Å². The Balaban J connectivity index is -0.000000500. The molecule has 0 unspecified atom stereocenters. The smallest absolute Gasteiger partial charge is 0.404 e. The summed E-state index contributed by atoms with van der Waals surface area (Å²) >= 11 is 0. The third-order valence-corrected chi connectivity index (χ3v) is 0.906. The van der Waals surface area contributed by atoms with Crippen LogP contribution in [-0.4, -0.2) is 35.5 Å². The Kier molecular flexibility index (Phi) is 4.63. The van der Waals surface area contributed by atoms with Gasteiger partial charge in [-0.3, -0.25) is 0 Å². The first-order chi connectivity index (χ1) is 5.13. The molecule has 0 aliphatic carbocycles. The highest BCUT2D eigenvalue weighted by atomic mass is 16.4. The first-order valence-corrected chi connectivity index (χ1v) is 3.06. The van der Waals surface area contributed by atoms with Gasteiger partial charge in [0.1, 0.15) is 0 Å². The van der Waals surface area contributed by atoms with Crippen LogP contribution in [0.4, 0.5) is 9.59 Å². The topological polar surface area (TPSA) is 98.7 Å². The van der Waals surface area contributed by atoms with Crippen LogP contribution in [0.5, 0.6) is 0 Å². The number of hydrogen-bond acceptors (Lipinski definition) is 2. The number of carboxylic acid groups (broad SMARTS) is 2. The summed E-state index contributed by atoms with van der Waals surface area (Å²) in [4.78, 5) is 19.7. The summed E-state index contributed by atoms with van der Waals surface area (Å²) in [5.41, 5.74) is 0. The predicted octanol–water partition coefficient (Wildman–Crippen LogP) is 0.404. The van der Waals surface area contributed by atoms with Crippen molar-refractivity contribution in [2.75, 3.05) is 13.1 Å². The average molecular weight is 166 g/mol. The highest BCUT2D eigenvalue weighted by Crippen LogP contribution is 1.73. The van der Waals surface area contributed by atoms with Crippen LogP contribution in [0.3, 0.4) is 0 Å². The molecule has 0 heterocycles. The van der Waals surface area contributed by atoms with Gasteiger partial charge in [0, 0.05) is 15.9 Å². The van der Waals surface area contributed by atoms with Gasteiger partial charge in [-0.15, -0.1) is 0 Å². The van der Waals surface area contributed by atoms with Crippen molar-refractivity contribution >= 4 is 12.2 Å². The van der Waals surface area contributed by atoms with Crippen LogP contribution in [0.15, 0.2) is 0 Å². The molecule has 0 aromatic heterocycles. The molecule has 2 amide bonds. The molecule has 0 atom stereocenters. The lowest BCUT2D eigenvalue weighted by Crippen LogP contribution is -2.27. The van der Waals surface area contributed by atoms with Gasteiger partial charge in [-0.05, 0) is 6.42 Å². The Hall–Kier alpha value is -1.46. The minimum Gasteiger partial charge on any atom is -0.465 e. The number of rotatable bonds is 4. The van der Waals surface area contributed by atoms with Gasteiger partial charge in [0.05, 0.1) is 0 Å². The van der Waals surface area contributed by atoms with Crippen LogP contribution in [0.25, 0.3) is 0 Å². The first kappa shape index (κ1) is 9.54. The van der Waals surface area contributed by atoms with Gasteiger partial charge in [0.2, 0.25) is 0 Å². The molecule has 6 heteroatoms. The Morgan fingerprint density at radius 1 is 1.09 bits per heavy atom. The molecule has 0 saturated carbocycles. The third kappa shape index (κ3) is 8.54. The lowest BCUT2D eigenvalue weighted by atomic mass is 10.4. The van der Waals surface area contributed by atoms with Crippen molar-refractivity contribution in [1.82, 2.24) is 10.6 Å². The molecule has 0 aromatic rings. The molecule has 0 aromatic carbocycles. The minimum atomic E-state index is -1.10. The molecule has 0 aliphatic rings. The van der Waals surface area contributed by atoms with E-state index in [-0.39, 0.29) is 15.9 Å². The van der Waals surface area contributed by atoms with Gasteiger partial charge in [0.15, 0.2) is 0 Å². The van der Waals surface area contributed by atoms with E-state index in [4.69, 9.17) is 10.2 Å². The maximum absolute atomic E-state index is 9.85.